The highest BCUT2D eigenvalue weighted by molar-refractivity contribution is 6.14. The number of amides is 2. The minimum atomic E-state index is -1.06. The maximum absolute atomic E-state index is 14.7. The number of fused-ring (bicyclic) bond motifs is 1. The molecule has 2 amide bonds. The van der Waals surface area contributed by atoms with Gasteiger partial charge in [0.05, 0.1) is 0 Å². The summed E-state index contributed by atoms with van der Waals surface area (Å²) in [5.74, 6) is 0.239. The van der Waals surface area contributed by atoms with E-state index in [0.717, 1.165) is 31.2 Å². The Hall–Kier alpha value is -3.03. The van der Waals surface area contributed by atoms with Crippen molar-refractivity contribution < 1.29 is 14.0 Å². The summed E-state index contributed by atoms with van der Waals surface area (Å²) in [4.78, 5) is 37.3. The summed E-state index contributed by atoms with van der Waals surface area (Å²) in [6, 6.07) is 5.06. The van der Waals surface area contributed by atoms with Gasteiger partial charge in [-0.1, -0.05) is 39.7 Å². The third-order valence-electron chi connectivity index (χ3n) is 7.19. The number of rotatable bonds is 3. The first-order valence-corrected chi connectivity index (χ1v) is 11.7. The van der Waals surface area contributed by atoms with Crippen molar-refractivity contribution in [1.29, 1.82) is 0 Å². The van der Waals surface area contributed by atoms with Crippen LogP contribution in [0.5, 0.6) is 0 Å². The molecule has 1 aromatic heterocycles. The zero-order valence-corrected chi connectivity index (χ0v) is 19.4. The SMILES string of the molecule is CC(C)(C)c1ccc(Nc2ncc3c(n2)N(C2CCCC2)C(=O)[C@]2(CCNC2=O)C3)cc1F. The van der Waals surface area contributed by atoms with Crippen LogP contribution >= 0.6 is 0 Å². The van der Waals surface area contributed by atoms with Gasteiger partial charge in [0, 0.05) is 36.5 Å². The van der Waals surface area contributed by atoms with Crippen molar-refractivity contribution in [3.05, 3.63) is 41.3 Å². The second-order valence-electron chi connectivity index (χ2n) is 10.5. The summed E-state index contributed by atoms with van der Waals surface area (Å²) in [6.45, 7) is 6.42. The van der Waals surface area contributed by atoms with E-state index in [1.54, 1.807) is 17.2 Å². The number of nitrogens with zero attached hydrogens (tertiary/aromatic N) is 3. The van der Waals surface area contributed by atoms with Crippen LogP contribution in [0.3, 0.4) is 0 Å². The van der Waals surface area contributed by atoms with Crippen molar-refractivity contribution >= 4 is 29.3 Å². The Bertz CT molecular complexity index is 1120. The molecule has 2 aromatic rings. The van der Waals surface area contributed by atoms with E-state index in [1.807, 2.05) is 26.8 Å². The number of benzene rings is 1. The molecule has 0 unspecified atom stereocenters. The molecule has 2 aliphatic heterocycles. The van der Waals surface area contributed by atoms with Gasteiger partial charge in [-0.3, -0.25) is 14.5 Å². The summed E-state index contributed by atoms with van der Waals surface area (Å²) in [5.41, 5.74) is 0.632. The molecule has 5 rings (SSSR count). The molecule has 1 atom stereocenters. The average Bonchev–Trinajstić information content (AvgIpc) is 3.39. The molecule has 0 bridgehead atoms. The van der Waals surface area contributed by atoms with Crippen molar-refractivity contribution in [2.24, 2.45) is 5.41 Å². The van der Waals surface area contributed by atoms with Crippen LogP contribution in [0.2, 0.25) is 0 Å². The van der Waals surface area contributed by atoms with E-state index in [9.17, 15) is 14.0 Å². The molecule has 1 saturated heterocycles. The van der Waals surface area contributed by atoms with E-state index in [2.05, 4.69) is 15.6 Å². The second kappa shape index (κ2) is 7.78. The van der Waals surface area contributed by atoms with Crippen LogP contribution in [0, 0.1) is 11.2 Å². The van der Waals surface area contributed by atoms with Crippen LogP contribution < -0.4 is 15.5 Å². The van der Waals surface area contributed by atoms with Gasteiger partial charge in [-0.2, -0.15) is 4.98 Å². The largest absolute Gasteiger partial charge is 0.355 e. The number of hydrogen-bond acceptors (Lipinski definition) is 5. The molecule has 7 nitrogen and oxygen atoms in total. The Kier molecular flexibility index (Phi) is 5.14. The number of carbonyl (C=O) groups is 2. The number of nitrogens with one attached hydrogen (secondary N) is 2. The monoisotopic (exact) mass is 451 g/mol. The van der Waals surface area contributed by atoms with Gasteiger partial charge in [-0.05, 0) is 42.4 Å². The van der Waals surface area contributed by atoms with Gasteiger partial charge in [-0.15, -0.1) is 0 Å². The smallest absolute Gasteiger partial charge is 0.244 e. The summed E-state index contributed by atoms with van der Waals surface area (Å²) >= 11 is 0. The number of carbonyl (C=O) groups excluding carboxylic acids is 2. The van der Waals surface area contributed by atoms with E-state index >= 15 is 0 Å². The third kappa shape index (κ3) is 3.65. The van der Waals surface area contributed by atoms with Crippen molar-refractivity contribution in [1.82, 2.24) is 15.3 Å². The zero-order valence-electron chi connectivity index (χ0n) is 19.4. The molecule has 3 aliphatic rings. The molecule has 8 heteroatoms. The second-order valence-corrected chi connectivity index (χ2v) is 10.5. The van der Waals surface area contributed by atoms with Crippen LogP contribution in [0.15, 0.2) is 24.4 Å². The number of anilines is 3. The molecule has 33 heavy (non-hydrogen) atoms. The van der Waals surface area contributed by atoms with Crippen molar-refractivity contribution in [2.75, 3.05) is 16.8 Å². The summed E-state index contributed by atoms with van der Waals surface area (Å²) in [5, 5.41) is 5.93. The maximum Gasteiger partial charge on any atom is 0.244 e. The van der Waals surface area contributed by atoms with Gasteiger partial charge < -0.3 is 10.6 Å². The van der Waals surface area contributed by atoms with Crippen LogP contribution in [0.25, 0.3) is 0 Å². The molecule has 174 valence electrons. The van der Waals surface area contributed by atoms with Gasteiger partial charge in [0.2, 0.25) is 17.8 Å². The Morgan fingerprint density at radius 1 is 1.21 bits per heavy atom. The first-order chi connectivity index (χ1) is 15.7. The van der Waals surface area contributed by atoms with Gasteiger partial charge in [0.25, 0.3) is 0 Å². The highest BCUT2D eigenvalue weighted by atomic mass is 19.1. The van der Waals surface area contributed by atoms with E-state index in [4.69, 9.17) is 4.98 Å². The third-order valence-corrected chi connectivity index (χ3v) is 7.19. The van der Waals surface area contributed by atoms with Gasteiger partial charge in [0.1, 0.15) is 17.1 Å². The first kappa shape index (κ1) is 21.8. The number of hydrogen-bond donors (Lipinski definition) is 2. The van der Waals surface area contributed by atoms with E-state index in [-0.39, 0.29) is 29.1 Å². The fourth-order valence-corrected chi connectivity index (χ4v) is 5.40. The molecule has 2 fully saturated rings. The van der Waals surface area contributed by atoms with E-state index in [1.165, 1.54) is 6.07 Å². The minimum absolute atomic E-state index is 0.0353. The Labute approximate surface area is 193 Å². The fraction of sp³-hybridized carbons (Fsp3) is 0.520. The standard InChI is InChI=1S/C25H30FN5O2/c1-24(2,3)18-9-8-16(12-19(18)26)29-23-28-14-15-13-25(10-11-27-21(25)32)22(33)31(20(15)30-23)17-6-4-5-7-17/h8-9,12,14,17H,4-7,10-11,13H2,1-3H3,(H,27,32)(H,28,29,30)/t25-/m1/s1. The van der Waals surface area contributed by atoms with Crippen molar-refractivity contribution in [2.45, 2.75) is 70.8 Å². The van der Waals surface area contributed by atoms with Gasteiger partial charge in [0.15, 0.2) is 0 Å². The molecule has 1 aromatic carbocycles. The topological polar surface area (TPSA) is 87.2 Å². The average molecular weight is 452 g/mol. The summed E-state index contributed by atoms with van der Waals surface area (Å²) < 4.78 is 14.7. The molecule has 2 N–H and O–H groups in total. The Balaban J connectivity index is 1.50. The maximum atomic E-state index is 14.7. The quantitative estimate of drug-likeness (QED) is 0.689. The minimum Gasteiger partial charge on any atom is -0.355 e. The van der Waals surface area contributed by atoms with Crippen LogP contribution in [0.1, 0.15) is 64.0 Å². The normalized spacial score (nSPS) is 23.2. The van der Waals surface area contributed by atoms with Crippen molar-refractivity contribution in [3.63, 3.8) is 0 Å². The lowest BCUT2D eigenvalue weighted by atomic mass is 9.76. The predicted octanol–water partition coefficient (Wildman–Crippen LogP) is 3.99. The van der Waals surface area contributed by atoms with Gasteiger partial charge >= 0.3 is 0 Å². The van der Waals surface area contributed by atoms with Gasteiger partial charge in [-0.25, -0.2) is 9.37 Å². The predicted molar refractivity (Wildman–Crippen MR) is 124 cm³/mol. The van der Waals surface area contributed by atoms with Crippen LogP contribution in [-0.4, -0.2) is 34.4 Å². The van der Waals surface area contributed by atoms with Crippen LogP contribution in [0.4, 0.5) is 21.8 Å². The lowest BCUT2D eigenvalue weighted by Gasteiger charge is -2.40. The lowest BCUT2D eigenvalue weighted by Crippen LogP contribution is -2.56. The summed E-state index contributed by atoms with van der Waals surface area (Å²) in [7, 11) is 0. The molecule has 1 aliphatic carbocycles. The van der Waals surface area contributed by atoms with Crippen LogP contribution in [-0.2, 0) is 21.4 Å². The Morgan fingerprint density at radius 2 is 1.97 bits per heavy atom. The lowest BCUT2D eigenvalue weighted by molar-refractivity contribution is -0.140. The summed E-state index contributed by atoms with van der Waals surface area (Å²) in [6.07, 6.45) is 6.41. The molecule has 0 radical (unpaired) electrons. The zero-order chi connectivity index (χ0) is 23.4. The molecule has 1 spiro atoms. The van der Waals surface area contributed by atoms with Crippen molar-refractivity contribution in [3.8, 4) is 0 Å². The first-order valence-electron chi connectivity index (χ1n) is 11.7. The Morgan fingerprint density at radius 3 is 2.61 bits per heavy atom. The van der Waals surface area contributed by atoms with E-state index < -0.39 is 5.41 Å². The molecule has 1 saturated carbocycles. The molecular formula is C25H30FN5O2. The number of halogens is 1. The molecule has 3 heterocycles. The fourth-order valence-electron chi connectivity index (χ4n) is 5.40. The molecular weight excluding hydrogens is 421 g/mol. The highest BCUT2D eigenvalue weighted by Gasteiger charge is 2.56. The number of aromatic nitrogens is 2. The highest BCUT2D eigenvalue weighted by Crippen LogP contribution is 2.44. The van der Waals surface area contributed by atoms with E-state index in [0.29, 0.717) is 42.4 Å².